The Hall–Kier alpha value is -2.17. The van der Waals surface area contributed by atoms with Crippen molar-refractivity contribution in [1.82, 2.24) is 0 Å². The summed E-state index contributed by atoms with van der Waals surface area (Å²) in [5.41, 5.74) is 8.22. The van der Waals surface area contributed by atoms with Crippen LogP contribution < -0.4 is 0 Å². The molecule has 0 N–H and O–H groups in total. The Morgan fingerprint density at radius 2 is 1.12 bits per heavy atom. The van der Waals surface area contributed by atoms with Crippen LogP contribution in [-0.4, -0.2) is 6.30 Å². The highest BCUT2D eigenvalue weighted by molar-refractivity contribution is 7.35. The Kier molecular flexibility index (Phi) is 5.62. The molecule has 0 amide bonds. The molecular weight excluding hydrogens is 307 g/mol. The third kappa shape index (κ3) is 4.66. The fraction of sp³-hybridized carbons (Fsp3) is 0.174. The minimum absolute atomic E-state index is 0.990. The van der Waals surface area contributed by atoms with E-state index in [1.807, 2.05) is 0 Å². The molecule has 0 unspecified atom stereocenters. The highest BCUT2D eigenvalue weighted by Gasteiger charge is 2.01. The van der Waals surface area contributed by atoms with Crippen molar-refractivity contribution >= 4 is 14.5 Å². The van der Waals surface area contributed by atoms with Crippen LogP contribution in [-0.2, 0) is 19.0 Å². The molecule has 3 rings (SSSR count). The average molecular weight is 330 g/mol. The van der Waals surface area contributed by atoms with Crippen LogP contribution in [0, 0.1) is 6.92 Å². The Morgan fingerprint density at radius 1 is 0.667 bits per heavy atom. The van der Waals surface area contributed by atoms with Crippen LogP contribution in [0.15, 0.2) is 72.8 Å². The van der Waals surface area contributed by atoms with Gasteiger partial charge in [0, 0.05) is 6.16 Å². The molecule has 0 bridgehead atoms. The van der Waals surface area contributed by atoms with Gasteiger partial charge in [-0.3, -0.25) is 0 Å². The molecular formula is C23H23P. The van der Waals surface area contributed by atoms with Crippen LogP contribution in [0.5, 0.6) is 0 Å². The lowest BCUT2D eigenvalue weighted by molar-refractivity contribution is 1.13. The van der Waals surface area contributed by atoms with Crippen molar-refractivity contribution in [2.45, 2.75) is 25.9 Å². The number of benzene rings is 3. The minimum atomic E-state index is 0.990. The Balaban J connectivity index is 1.75. The molecule has 0 atom stereocenters. The molecule has 0 aromatic heterocycles. The van der Waals surface area contributed by atoms with E-state index in [4.69, 9.17) is 0 Å². The summed E-state index contributed by atoms with van der Waals surface area (Å²) in [6.45, 7) is 2.15. The standard InChI is InChI=1S/C23H23P/c1-18-6-3-7-19(12-18)13-20-8-4-9-21(14-20)15-22-10-5-11-23(16-22)17-24-2/h3-12,14,16H,2,13,15,17H2,1H3. The Labute approximate surface area is 147 Å². The van der Waals surface area contributed by atoms with E-state index in [9.17, 15) is 0 Å². The maximum Gasteiger partial charge on any atom is 0.0140 e. The number of aryl methyl sites for hydroxylation is 1. The SMILES string of the molecule is C=PCc1cccc(Cc2cccc(Cc3cccc(C)c3)c2)c1. The van der Waals surface area contributed by atoms with E-state index in [0.29, 0.717) is 0 Å². The Bertz CT molecular complexity index is 833. The van der Waals surface area contributed by atoms with Gasteiger partial charge in [0.1, 0.15) is 0 Å². The summed E-state index contributed by atoms with van der Waals surface area (Å²) in [5.74, 6) is 0. The molecule has 0 saturated carbocycles. The second kappa shape index (κ2) is 8.08. The number of hydrogen-bond donors (Lipinski definition) is 0. The van der Waals surface area contributed by atoms with Crippen molar-refractivity contribution in [1.29, 1.82) is 0 Å². The molecule has 3 aromatic rings. The van der Waals surface area contributed by atoms with E-state index < -0.39 is 0 Å². The lowest BCUT2D eigenvalue weighted by Gasteiger charge is -2.08. The normalized spacial score (nSPS) is 10.9. The van der Waals surface area contributed by atoms with Gasteiger partial charge in [-0.05, 0) is 47.6 Å². The maximum atomic E-state index is 3.92. The molecule has 24 heavy (non-hydrogen) atoms. The van der Waals surface area contributed by atoms with Gasteiger partial charge in [-0.1, -0.05) is 84.7 Å². The molecule has 3 aromatic carbocycles. The first-order chi connectivity index (χ1) is 11.7. The fourth-order valence-electron chi connectivity index (χ4n) is 3.11. The topological polar surface area (TPSA) is 0 Å². The lowest BCUT2D eigenvalue weighted by atomic mass is 9.98. The maximum absolute atomic E-state index is 3.92. The summed E-state index contributed by atoms with van der Waals surface area (Å²) < 4.78 is 0. The second-order valence-electron chi connectivity index (χ2n) is 6.36. The second-order valence-corrected chi connectivity index (χ2v) is 7.13. The van der Waals surface area contributed by atoms with E-state index in [1.165, 1.54) is 41.6 Å². The minimum Gasteiger partial charge on any atom is -0.108 e. The molecule has 0 heterocycles. The molecule has 0 fully saturated rings. The van der Waals surface area contributed by atoms with E-state index in [-0.39, 0.29) is 0 Å². The van der Waals surface area contributed by atoms with Gasteiger partial charge in [0.05, 0.1) is 0 Å². The zero-order valence-electron chi connectivity index (χ0n) is 14.2. The zero-order chi connectivity index (χ0) is 16.8. The van der Waals surface area contributed by atoms with Gasteiger partial charge in [0.15, 0.2) is 0 Å². The van der Waals surface area contributed by atoms with Gasteiger partial charge in [-0.15, -0.1) is 8.20 Å². The summed E-state index contributed by atoms with van der Waals surface area (Å²) >= 11 is 0. The van der Waals surface area contributed by atoms with Crippen LogP contribution in [0.2, 0.25) is 0 Å². The van der Waals surface area contributed by atoms with E-state index in [2.05, 4.69) is 86.0 Å². The molecule has 0 saturated heterocycles. The first-order valence-corrected chi connectivity index (χ1v) is 9.63. The van der Waals surface area contributed by atoms with Gasteiger partial charge in [-0.2, -0.15) is 0 Å². The zero-order valence-corrected chi connectivity index (χ0v) is 15.1. The third-order valence-electron chi connectivity index (χ3n) is 4.18. The number of rotatable bonds is 6. The molecule has 0 aliphatic carbocycles. The predicted molar refractivity (Wildman–Crippen MR) is 107 cm³/mol. The average Bonchev–Trinajstić information content (AvgIpc) is 2.56. The van der Waals surface area contributed by atoms with Gasteiger partial charge < -0.3 is 0 Å². The van der Waals surface area contributed by atoms with Gasteiger partial charge in [0.2, 0.25) is 0 Å². The summed E-state index contributed by atoms with van der Waals surface area (Å²) in [7, 11) is 1.18. The van der Waals surface area contributed by atoms with Crippen LogP contribution in [0.3, 0.4) is 0 Å². The van der Waals surface area contributed by atoms with Crippen molar-refractivity contribution in [2.75, 3.05) is 0 Å². The van der Waals surface area contributed by atoms with Crippen LogP contribution in [0.4, 0.5) is 0 Å². The summed E-state index contributed by atoms with van der Waals surface area (Å²) in [6, 6.07) is 26.6. The highest BCUT2D eigenvalue weighted by atomic mass is 31.1. The van der Waals surface area contributed by atoms with E-state index in [1.54, 1.807) is 0 Å². The van der Waals surface area contributed by atoms with E-state index in [0.717, 1.165) is 19.0 Å². The highest BCUT2D eigenvalue weighted by Crippen LogP contribution is 2.17. The van der Waals surface area contributed by atoms with Crippen molar-refractivity contribution in [3.05, 3.63) is 106 Å². The Morgan fingerprint density at radius 3 is 1.67 bits per heavy atom. The molecule has 0 spiro atoms. The van der Waals surface area contributed by atoms with Crippen LogP contribution >= 0.6 is 8.20 Å². The largest absolute Gasteiger partial charge is 0.108 e. The number of hydrogen-bond acceptors (Lipinski definition) is 0. The van der Waals surface area contributed by atoms with Gasteiger partial charge in [-0.25, -0.2) is 0 Å². The molecule has 120 valence electrons. The van der Waals surface area contributed by atoms with Crippen molar-refractivity contribution < 1.29 is 0 Å². The van der Waals surface area contributed by atoms with Crippen molar-refractivity contribution in [2.24, 2.45) is 0 Å². The summed E-state index contributed by atoms with van der Waals surface area (Å²) in [4.78, 5) is 0. The molecule has 0 radical (unpaired) electrons. The molecule has 0 nitrogen and oxygen atoms in total. The monoisotopic (exact) mass is 330 g/mol. The quantitative estimate of drug-likeness (QED) is 0.482. The molecule has 0 aliphatic rings. The summed E-state index contributed by atoms with van der Waals surface area (Å²) in [5, 5.41) is 0. The third-order valence-corrected chi connectivity index (χ3v) is 4.76. The predicted octanol–water partition coefficient (Wildman–Crippen LogP) is 6.05. The van der Waals surface area contributed by atoms with Crippen molar-refractivity contribution in [3.8, 4) is 0 Å². The summed E-state index contributed by atoms with van der Waals surface area (Å²) in [6.07, 6.45) is 6.94. The molecule has 1 heteroatoms. The van der Waals surface area contributed by atoms with Gasteiger partial charge in [0.25, 0.3) is 0 Å². The first kappa shape index (κ1) is 16.7. The van der Waals surface area contributed by atoms with E-state index >= 15 is 0 Å². The van der Waals surface area contributed by atoms with Crippen LogP contribution in [0.1, 0.15) is 33.4 Å². The van der Waals surface area contributed by atoms with Crippen LogP contribution in [0.25, 0.3) is 0 Å². The molecule has 0 aliphatic heterocycles. The first-order valence-electron chi connectivity index (χ1n) is 8.36. The lowest BCUT2D eigenvalue weighted by Crippen LogP contribution is -1.93. The smallest absolute Gasteiger partial charge is 0.0140 e. The fourth-order valence-corrected chi connectivity index (χ4v) is 3.57. The van der Waals surface area contributed by atoms with Crippen molar-refractivity contribution in [3.63, 3.8) is 0 Å². The van der Waals surface area contributed by atoms with Gasteiger partial charge >= 0.3 is 0 Å².